The number of primary amides is 1. The number of ether oxygens (including phenoxy) is 1. The molecule has 35 heavy (non-hydrogen) atoms. The van der Waals surface area contributed by atoms with Gasteiger partial charge in [-0.1, -0.05) is 46.2 Å². The average Bonchev–Trinajstić information content (AvgIpc) is 3.23. The van der Waals surface area contributed by atoms with Crippen molar-refractivity contribution >= 4 is 29.5 Å². The minimum atomic E-state index is -0.794. The van der Waals surface area contributed by atoms with Gasteiger partial charge in [0.2, 0.25) is 0 Å². The Morgan fingerprint density at radius 2 is 2.00 bits per heavy atom. The molecule has 0 saturated heterocycles. The number of nitrogens with two attached hydrogens (primary N) is 1. The first-order valence-corrected chi connectivity index (χ1v) is 12.4. The molecule has 2 aliphatic rings. The van der Waals surface area contributed by atoms with Crippen molar-refractivity contribution in [1.29, 1.82) is 0 Å². The zero-order chi connectivity index (χ0) is 25.6. The summed E-state index contributed by atoms with van der Waals surface area (Å²) in [6, 6.07) is 1.23. The van der Waals surface area contributed by atoms with Gasteiger partial charge in [-0.25, -0.2) is 14.6 Å². The molecular weight excluding hydrogens is 468 g/mol. The number of fused-ring (bicyclic) bond motifs is 1. The van der Waals surface area contributed by atoms with Crippen molar-refractivity contribution in [2.45, 2.75) is 84.9 Å². The molecule has 1 aliphatic heterocycles. The Hall–Kier alpha value is -2.81. The third-order valence-electron chi connectivity index (χ3n) is 7.27. The summed E-state index contributed by atoms with van der Waals surface area (Å²) in [4.78, 5) is 28.8. The maximum Gasteiger partial charge on any atom is 0.405 e. The van der Waals surface area contributed by atoms with Crippen LogP contribution in [0.3, 0.4) is 0 Å². The molecule has 1 fully saturated rings. The monoisotopic (exact) mass is 502 g/mol. The van der Waals surface area contributed by atoms with Gasteiger partial charge >= 0.3 is 12.1 Å². The van der Waals surface area contributed by atoms with E-state index in [4.69, 9.17) is 22.1 Å². The second-order valence-corrected chi connectivity index (χ2v) is 12.0. The van der Waals surface area contributed by atoms with Gasteiger partial charge in [0.15, 0.2) is 0 Å². The van der Waals surface area contributed by atoms with Crippen LogP contribution in [0.1, 0.15) is 66.0 Å². The van der Waals surface area contributed by atoms with Crippen molar-refractivity contribution in [3.05, 3.63) is 29.2 Å². The lowest BCUT2D eigenvalue weighted by Gasteiger charge is -2.48. The van der Waals surface area contributed by atoms with Crippen molar-refractivity contribution in [3.63, 3.8) is 0 Å². The van der Waals surface area contributed by atoms with E-state index in [1.807, 2.05) is 31.6 Å². The molecular formula is C25H35ClN6O3. The third kappa shape index (κ3) is 5.24. The number of pyridine rings is 1. The molecule has 3 heterocycles. The second-order valence-electron chi connectivity index (χ2n) is 11.6. The van der Waals surface area contributed by atoms with Crippen LogP contribution in [-0.2, 0) is 17.7 Å². The van der Waals surface area contributed by atoms with Crippen LogP contribution in [0.4, 0.5) is 15.4 Å². The van der Waals surface area contributed by atoms with Gasteiger partial charge in [-0.2, -0.15) is 5.10 Å². The molecule has 0 spiro atoms. The number of hydrogen-bond acceptors (Lipinski definition) is 5. The van der Waals surface area contributed by atoms with Crippen molar-refractivity contribution < 1.29 is 14.3 Å². The average molecular weight is 503 g/mol. The van der Waals surface area contributed by atoms with E-state index in [2.05, 4.69) is 34.6 Å². The predicted molar refractivity (Wildman–Crippen MR) is 135 cm³/mol. The number of nitrogens with one attached hydrogen (secondary N) is 2. The number of hydrogen-bond donors (Lipinski definition) is 3. The second kappa shape index (κ2) is 9.00. The van der Waals surface area contributed by atoms with E-state index >= 15 is 0 Å². The lowest BCUT2D eigenvalue weighted by Crippen LogP contribution is -2.55. The van der Waals surface area contributed by atoms with Crippen LogP contribution in [0.5, 0.6) is 0 Å². The van der Waals surface area contributed by atoms with Gasteiger partial charge in [-0.3, -0.25) is 10.00 Å². The first kappa shape index (κ1) is 25.3. The van der Waals surface area contributed by atoms with Crippen LogP contribution in [0.2, 0.25) is 5.02 Å². The van der Waals surface area contributed by atoms with Crippen LogP contribution < -0.4 is 16.4 Å². The van der Waals surface area contributed by atoms with Crippen LogP contribution in [0.15, 0.2) is 18.5 Å². The lowest BCUT2D eigenvalue weighted by molar-refractivity contribution is -0.0946. The van der Waals surface area contributed by atoms with Crippen LogP contribution in [0.25, 0.3) is 11.1 Å². The number of halogens is 1. The summed E-state index contributed by atoms with van der Waals surface area (Å²) < 4.78 is 7.65. The van der Waals surface area contributed by atoms with Crippen LogP contribution in [0, 0.1) is 10.8 Å². The number of anilines is 1. The molecule has 0 aromatic carbocycles. The Bertz CT molecular complexity index is 1140. The van der Waals surface area contributed by atoms with Crippen molar-refractivity contribution in [2.75, 3.05) is 5.32 Å². The molecule has 4 rings (SSSR count). The summed E-state index contributed by atoms with van der Waals surface area (Å²) in [5.41, 5.74) is 7.33. The van der Waals surface area contributed by atoms with Crippen LogP contribution in [-0.4, -0.2) is 38.5 Å². The zero-order valence-electron chi connectivity index (χ0n) is 21.1. The quantitative estimate of drug-likeness (QED) is 0.534. The predicted octanol–water partition coefficient (Wildman–Crippen LogP) is 5.13. The number of urea groups is 1. The van der Waals surface area contributed by atoms with Gasteiger partial charge in [-0.15, -0.1) is 0 Å². The number of nitrogens with zero attached hydrogens (tertiary/aromatic N) is 3. The SMILES string of the molecule is CC1(C)Cc2c(-c3cc(NC(=O)NC4CCCC(OC(N)=O)(C(C)(C)C)C4)ncc3Cl)cnn2C1. The van der Waals surface area contributed by atoms with Crippen molar-refractivity contribution in [2.24, 2.45) is 16.6 Å². The van der Waals surface area contributed by atoms with Crippen LogP contribution >= 0.6 is 11.6 Å². The highest BCUT2D eigenvalue weighted by Crippen LogP contribution is 2.45. The van der Waals surface area contributed by atoms with E-state index in [0.29, 0.717) is 23.7 Å². The minimum Gasteiger partial charge on any atom is -0.442 e. The third-order valence-corrected chi connectivity index (χ3v) is 7.57. The Morgan fingerprint density at radius 3 is 2.69 bits per heavy atom. The summed E-state index contributed by atoms with van der Waals surface area (Å²) in [6.45, 7) is 11.3. The molecule has 3 amide bonds. The van der Waals surface area contributed by atoms with Gasteiger partial charge in [-0.05, 0) is 37.2 Å². The molecule has 2 aromatic heterocycles. The molecule has 0 radical (unpaired) electrons. The largest absolute Gasteiger partial charge is 0.442 e. The molecule has 10 heteroatoms. The van der Waals surface area contributed by atoms with E-state index in [0.717, 1.165) is 42.6 Å². The molecule has 190 valence electrons. The summed E-state index contributed by atoms with van der Waals surface area (Å²) >= 11 is 6.49. The molecule has 9 nitrogen and oxygen atoms in total. The van der Waals surface area contributed by atoms with Gasteiger partial charge in [0.25, 0.3) is 0 Å². The van der Waals surface area contributed by atoms with Gasteiger partial charge < -0.3 is 15.8 Å². The van der Waals surface area contributed by atoms with Gasteiger partial charge in [0.05, 0.1) is 11.2 Å². The number of aromatic nitrogens is 3. The van der Waals surface area contributed by atoms with E-state index in [1.54, 1.807) is 12.3 Å². The van der Waals surface area contributed by atoms with E-state index in [-0.39, 0.29) is 22.9 Å². The summed E-state index contributed by atoms with van der Waals surface area (Å²) in [5.74, 6) is 0.394. The Labute approximate surface area is 211 Å². The summed E-state index contributed by atoms with van der Waals surface area (Å²) in [6.07, 6.45) is 6.25. The number of rotatable bonds is 4. The fraction of sp³-hybridized carbons (Fsp3) is 0.600. The maximum atomic E-state index is 12.9. The van der Waals surface area contributed by atoms with E-state index < -0.39 is 11.7 Å². The number of carbonyl (C=O) groups is 2. The minimum absolute atomic E-state index is 0.138. The molecule has 0 bridgehead atoms. The fourth-order valence-electron chi connectivity index (χ4n) is 5.40. The standard InChI is InChI=1S/C25H35ClN6O3/c1-23(2,3)25(35-21(27)33)8-6-7-15(10-25)30-22(34)31-20-9-16(18(26)13-28-20)17-12-29-32-14-24(4,5)11-19(17)32/h9,12-13,15H,6-8,10-11,14H2,1-5H3,(H2,27,33)(H2,28,30,31,34). The van der Waals surface area contributed by atoms with Gasteiger partial charge in [0.1, 0.15) is 11.4 Å². The highest BCUT2D eigenvalue weighted by atomic mass is 35.5. The maximum absolute atomic E-state index is 12.9. The Morgan fingerprint density at radius 1 is 1.26 bits per heavy atom. The van der Waals surface area contributed by atoms with E-state index in [1.165, 1.54) is 0 Å². The number of amides is 3. The Kier molecular flexibility index (Phi) is 6.51. The number of carbonyl (C=O) groups excluding carboxylic acids is 2. The van der Waals surface area contributed by atoms with Crippen molar-refractivity contribution in [1.82, 2.24) is 20.1 Å². The van der Waals surface area contributed by atoms with E-state index in [9.17, 15) is 9.59 Å². The first-order chi connectivity index (χ1) is 16.3. The highest BCUT2D eigenvalue weighted by molar-refractivity contribution is 6.33. The Balaban J connectivity index is 1.47. The fourth-order valence-corrected chi connectivity index (χ4v) is 5.61. The highest BCUT2D eigenvalue weighted by Gasteiger charge is 2.48. The summed E-state index contributed by atoms with van der Waals surface area (Å²) in [7, 11) is 0. The summed E-state index contributed by atoms with van der Waals surface area (Å²) in [5, 5.41) is 10.9. The zero-order valence-corrected chi connectivity index (χ0v) is 21.8. The molecule has 2 atom stereocenters. The van der Waals surface area contributed by atoms with Gasteiger partial charge in [0, 0.05) is 47.4 Å². The topological polar surface area (TPSA) is 124 Å². The van der Waals surface area contributed by atoms with Crippen molar-refractivity contribution in [3.8, 4) is 11.1 Å². The smallest absolute Gasteiger partial charge is 0.405 e. The normalized spacial score (nSPS) is 23.4. The molecule has 2 unspecified atom stereocenters. The molecule has 4 N–H and O–H groups in total. The molecule has 2 aromatic rings. The lowest BCUT2D eigenvalue weighted by atomic mass is 9.66. The molecule has 1 saturated carbocycles. The first-order valence-electron chi connectivity index (χ1n) is 12.1. The molecule has 1 aliphatic carbocycles.